The Hall–Kier alpha value is -1.84. The fourth-order valence-electron chi connectivity index (χ4n) is 7.13. The van der Waals surface area contributed by atoms with Crippen LogP contribution in [0.1, 0.15) is 58.1 Å². The van der Waals surface area contributed by atoms with Crippen molar-refractivity contribution in [3.8, 4) is 0 Å². The second kappa shape index (κ2) is 4.87. The summed E-state index contributed by atoms with van der Waals surface area (Å²) < 4.78 is 2.01. The highest BCUT2D eigenvalue weighted by molar-refractivity contribution is 5.83. The van der Waals surface area contributed by atoms with Crippen LogP contribution < -0.4 is 5.32 Å². The maximum Gasteiger partial charge on any atom is 0.226 e. The number of nitrogens with one attached hydrogen (secondary N) is 1. The molecule has 2 heterocycles. The molecule has 25 heavy (non-hydrogen) atoms. The summed E-state index contributed by atoms with van der Waals surface area (Å²) in [5.74, 6) is 1.01. The molecule has 1 amide bonds. The second-order valence-electron chi connectivity index (χ2n) is 9.79. The Kier molecular flexibility index (Phi) is 3.00. The van der Waals surface area contributed by atoms with Crippen LogP contribution in [0.5, 0.6) is 0 Å². The first kappa shape index (κ1) is 15.4. The van der Waals surface area contributed by atoms with E-state index in [1.54, 1.807) is 0 Å². The van der Waals surface area contributed by atoms with Crippen LogP contribution in [0.2, 0.25) is 0 Å². The van der Waals surface area contributed by atoms with Gasteiger partial charge in [-0.05, 0) is 67.4 Å². The zero-order valence-corrected chi connectivity index (χ0v) is 15.2. The number of hydrogen-bond donors (Lipinski definition) is 1. The molecule has 4 saturated carbocycles. The molecule has 2 unspecified atom stereocenters. The summed E-state index contributed by atoms with van der Waals surface area (Å²) in [7, 11) is 0. The van der Waals surface area contributed by atoms with E-state index in [9.17, 15) is 4.79 Å². The molecule has 4 heteroatoms. The molecule has 132 valence electrons. The highest BCUT2D eigenvalue weighted by atomic mass is 16.2. The van der Waals surface area contributed by atoms with E-state index < -0.39 is 0 Å². The van der Waals surface area contributed by atoms with E-state index in [4.69, 9.17) is 0 Å². The molecule has 0 aliphatic heterocycles. The molecule has 0 saturated heterocycles. The van der Waals surface area contributed by atoms with Gasteiger partial charge in [0.15, 0.2) is 0 Å². The predicted octanol–water partition coefficient (Wildman–Crippen LogP) is 3.95. The van der Waals surface area contributed by atoms with Crippen molar-refractivity contribution in [2.24, 2.45) is 22.2 Å². The zero-order chi connectivity index (χ0) is 17.3. The first-order valence-corrected chi connectivity index (χ1v) is 9.58. The van der Waals surface area contributed by atoms with E-state index in [1.165, 1.54) is 19.3 Å². The minimum Gasteiger partial charge on any atom is -0.350 e. The number of amides is 1. The summed E-state index contributed by atoms with van der Waals surface area (Å²) in [5.41, 5.74) is 2.47. The van der Waals surface area contributed by atoms with Crippen molar-refractivity contribution < 1.29 is 4.79 Å². The van der Waals surface area contributed by atoms with Crippen molar-refractivity contribution in [1.29, 1.82) is 0 Å². The van der Waals surface area contributed by atoms with Crippen LogP contribution in [-0.4, -0.2) is 15.3 Å². The number of imidazole rings is 1. The smallest absolute Gasteiger partial charge is 0.226 e. The summed E-state index contributed by atoms with van der Waals surface area (Å²) in [5, 5.41) is 3.24. The van der Waals surface area contributed by atoms with Crippen molar-refractivity contribution in [2.45, 2.75) is 58.9 Å². The highest BCUT2D eigenvalue weighted by Gasteiger charge is 2.62. The van der Waals surface area contributed by atoms with E-state index in [0.29, 0.717) is 17.4 Å². The van der Waals surface area contributed by atoms with Crippen molar-refractivity contribution in [2.75, 3.05) is 0 Å². The van der Waals surface area contributed by atoms with Gasteiger partial charge in [0.1, 0.15) is 5.65 Å². The van der Waals surface area contributed by atoms with Gasteiger partial charge in [0.25, 0.3) is 0 Å². The van der Waals surface area contributed by atoms with Gasteiger partial charge in [0.2, 0.25) is 5.91 Å². The number of carbonyl (C=O) groups excluding carboxylic acids is 1. The second-order valence-corrected chi connectivity index (χ2v) is 9.79. The van der Waals surface area contributed by atoms with Crippen molar-refractivity contribution in [3.05, 3.63) is 36.3 Å². The molecule has 4 aliphatic carbocycles. The number of nitrogens with zero attached hydrogens (tertiary/aromatic N) is 2. The minimum absolute atomic E-state index is 0.137. The number of hydrogen-bond acceptors (Lipinski definition) is 2. The molecule has 4 aliphatic rings. The van der Waals surface area contributed by atoms with E-state index >= 15 is 0 Å². The topological polar surface area (TPSA) is 46.4 Å². The maximum absolute atomic E-state index is 13.2. The van der Waals surface area contributed by atoms with Gasteiger partial charge >= 0.3 is 0 Å². The predicted molar refractivity (Wildman–Crippen MR) is 96.9 cm³/mol. The number of fused-ring (bicyclic) bond motifs is 1. The Morgan fingerprint density at radius 1 is 1.20 bits per heavy atom. The van der Waals surface area contributed by atoms with Crippen LogP contribution in [0, 0.1) is 22.2 Å². The Labute approximate surface area is 149 Å². The van der Waals surface area contributed by atoms with Gasteiger partial charge in [0.05, 0.1) is 17.7 Å². The van der Waals surface area contributed by atoms with E-state index in [1.807, 2.05) is 35.0 Å². The lowest BCUT2D eigenvalue weighted by Crippen LogP contribution is -2.59. The SMILES string of the molecule is C[C@]12CC3CC(C(=O)NCc4cn5ccccc5n4)(C1)C[C@@](C)(C3)C2. The molecule has 0 aromatic carbocycles. The fourth-order valence-corrected chi connectivity index (χ4v) is 7.13. The molecule has 4 nitrogen and oxygen atoms in total. The van der Waals surface area contributed by atoms with Gasteiger partial charge < -0.3 is 9.72 Å². The monoisotopic (exact) mass is 337 g/mol. The van der Waals surface area contributed by atoms with Gasteiger partial charge in [-0.25, -0.2) is 4.98 Å². The molecule has 0 radical (unpaired) electrons. The lowest BCUT2D eigenvalue weighted by molar-refractivity contribution is -0.170. The number of pyridine rings is 1. The largest absolute Gasteiger partial charge is 0.350 e. The molecule has 4 bridgehead atoms. The van der Waals surface area contributed by atoms with Gasteiger partial charge in [0, 0.05) is 12.4 Å². The van der Waals surface area contributed by atoms with Gasteiger partial charge in [-0.1, -0.05) is 19.9 Å². The molecular weight excluding hydrogens is 310 g/mol. The fraction of sp³-hybridized carbons (Fsp3) is 0.619. The molecule has 4 atom stereocenters. The quantitative estimate of drug-likeness (QED) is 0.922. The van der Waals surface area contributed by atoms with Gasteiger partial charge in [-0.15, -0.1) is 0 Å². The van der Waals surface area contributed by atoms with Crippen molar-refractivity contribution >= 4 is 11.6 Å². The van der Waals surface area contributed by atoms with Crippen LogP contribution in [0.4, 0.5) is 0 Å². The first-order valence-electron chi connectivity index (χ1n) is 9.58. The Morgan fingerprint density at radius 2 is 1.96 bits per heavy atom. The third-order valence-corrected chi connectivity index (χ3v) is 6.95. The zero-order valence-electron chi connectivity index (χ0n) is 15.2. The van der Waals surface area contributed by atoms with E-state index in [-0.39, 0.29) is 11.3 Å². The molecule has 0 spiro atoms. The molecule has 2 aromatic rings. The van der Waals surface area contributed by atoms with Crippen LogP contribution >= 0.6 is 0 Å². The third-order valence-electron chi connectivity index (χ3n) is 6.95. The van der Waals surface area contributed by atoms with Crippen LogP contribution in [0.15, 0.2) is 30.6 Å². The summed E-state index contributed by atoms with van der Waals surface area (Å²) in [6.45, 7) is 5.36. The molecule has 4 fully saturated rings. The highest BCUT2D eigenvalue weighted by Crippen LogP contribution is 2.69. The Bertz CT molecular complexity index is 803. The van der Waals surface area contributed by atoms with Crippen molar-refractivity contribution in [1.82, 2.24) is 14.7 Å². The van der Waals surface area contributed by atoms with Crippen LogP contribution in [0.25, 0.3) is 5.65 Å². The maximum atomic E-state index is 13.2. The molecule has 1 N–H and O–H groups in total. The summed E-state index contributed by atoms with van der Waals surface area (Å²) in [6, 6.07) is 5.97. The molecule has 2 aromatic heterocycles. The Morgan fingerprint density at radius 3 is 2.64 bits per heavy atom. The first-order chi connectivity index (χ1) is 11.9. The standard InChI is InChI=1S/C21H27N3O/c1-19-7-15-8-20(2,12-19)14-21(9-15,13-19)18(25)22-10-16-11-24-6-4-3-5-17(24)23-16/h3-6,11,15H,7-10,12-14H2,1-2H3,(H,22,25)/t15?,19-,20+,21?. The lowest BCUT2D eigenvalue weighted by atomic mass is 9.40. The number of aromatic nitrogens is 2. The third kappa shape index (κ3) is 2.41. The minimum atomic E-state index is -0.137. The molecule has 6 rings (SSSR count). The average Bonchev–Trinajstić information content (AvgIpc) is 2.91. The summed E-state index contributed by atoms with van der Waals surface area (Å²) >= 11 is 0. The summed E-state index contributed by atoms with van der Waals surface area (Å²) in [6.07, 6.45) is 11.2. The van der Waals surface area contributed by atoms with Gasteiger partial charge in [-0.3, -0.25) is 4.79 Å². The summed E-state index contributed by atoms with van der Waals surface area (Å²) in [4.78, 5) is 17.8. The van der Waals surface area contributed by atoms with Crippen LogP contribution in [0.3, 0.4) is 0 Å². The van der Waals surface area contributed by atoms with Gasteiger partial charge in [-0.2, -0.15) is 0 Å². The van der Waals surface area contributed by atoms with Crippen molar-refractivity contribution in [3.63, 3.8) is 0 Å². The van der Waals surface area contributed by atoms with Crippen LogP contribution in [-0.2, 0) is 11.3 Å². The Balaban J connectivity index is 1.35. The van der Waals surface area contributed by atoms with E-state index in [0.717, 1.165) is 36.5 Å². The lowest BCUT2D eigenvalue weighted by Gasteiger charge is -2.64. The average molecular weight is 337 g/mol. The molecular formula is C21H27N3O. The number of carbonyl (C=O) groups is 1. The normalized spacial score (nSPS) is 39.0. The number of rotatable bonds is 3. The van der Waals surface area contributed by atoms with E-state index in [2.05, 4.69) is 24.1 Å².